The second-order valence-electron chi connectivity index (χ2n) is 4.06. The summed E-state index contributed by atoms with van der Waals surface area (Å²) in [5, 5.41) is 4.68. The van der Waals surface area contributed by atoms with Crippen molar-refractivity contribution >= 4 is 23.2 Å². The van der Waals surface area contributed by atoms with Crippen molar-refractivity contribution in [3.05, 3.63) is 41.2 Å². The fourth-order valence-corrected chi connectivity index (χ4v) is 1.79. The van der Waals surface area contributed by atoms with Crippen LogP contribution in [0.25, 0.3) is 5.69 Å². The molecule has 0 aliphatic heterocycles. The predicted octanol–water partition coefficient (Wildman–Crippen LogP) is 1.81. The average Bonchev–Trinajstić information content (AvgIpc) is 2.77. The van der Waals surface area contributed by atoms with Crippen molar-refractivity contribution in [2.75, 3.05) is 19.8 Å². The van der Waals surface area contributed by atoms with Gasteiger partial charge in [-0.2, -0.15) is 5.10 Å². The summed E-state index contributed by atoms with van der Waals surface area (Å²) in [5.74, 6) is -0.152. The first-order valence-electron chi connectivity index (χ1n) is 5.32. The number of nitrogen functional groups attached to an aromatic ring is 1. The Bertz CT molecular complexity index is 592. The molecule has 94 valence electrons. The van der Waals surface area contributed by atoms with E-state index < -0.39 is 0 Å². The summed E-state index contributed by atoms with van der Waals surface area (Å²) in [6.07, 6.45) is 1.69. The van der Waals surface area contributed by atoms with Crippen LogP contribution in [0.2, 0.25) is 5.02 Å². The van der Waals surface area contributed by atoms with E-state index in [1.165, 1.54) is 4.90 Å². The minimum Gasteiger partial charge on any atom is -0.399 e. The Balaban J connectivity index is 2.38. The van der Waals surface area contributed by atoms with E-state index in [4.69, 9.17) is 17.3 Å². The van der Waals surface area contributed by atoms with Gasteiger partial charge in [-0.05, 0) is 24.3 Å². The molecule has 6 heteroatoms. The number of nitrogens with two attached hydrogens (primary N) is 1. The van der Waals surface area contributed by atoms with E-state index in [1.807, 2.05) is 0 Å². The van der Waals surface area contributed by atoms with E-state index in [-0.39, 0.29) is 5.91 Å². The Hall–Kier alpha value is -2.01. The van der Waals surface area contributed by atoms with Gasteiger partial charge in [-0.1, -0.05) is 11.6 Å². The molecule has 0 radical (unpaired) electrons. The molecule has 0 spiro atoms. The molecule has 2 N–H and O–H groups in total. The second kappa shape index (κ2) is 4.70. The Morgan fingerprint density at radius 3 is 2.72 bits per heavy atom. The first kappa shape index (κ1) is 12.4. The SMILES string of the molecule is CN(C)C(=O)c1ccn(-c2ccc(N)cc2Cl)n1. The molecule has 0 aliphatic carbocycles. The lowest BCUT2D eigenvalue weighted by Crippen LogP contribution is -2.22. The minimum atomic E-state index is -0.152. The first-order chi connectivity index (χ1) is 8.49. The molecule has 0 bridgehead atoms. The number of hydrogen-bond donors (Lipinski definition) is 1. The molecule has 0 saturated heterocycles. The summed E-state index contributed by atoms with van der Waals surface area (Å²) in [7, 11) is 3.36. The number of aromatic nitrogens is 2. The molecule has 2 aromatic rings. The number of nitrogens with zero attached hydrogens (tertiary/aromatic N) is 3. The van der Waals surface area contributed by atoms with Crippen molar-refractivity contribution < 1.29 is 4.79 Å². The van der Waals surface area contributed by atoms with E-state index in [1.54, 1.807) is 49.2 Å². The van der Waals surface area contributed by atoms with Gasteiger partial charge >= 0.3 is 0 Å². The van der Waals surface area contributed by atoms with E-state index in [0.717, 1.165) is 0 Å². The zero-order valence-electron chi connectivity index (χ0n) is 10.1. The Labute approximate surface area is 110 Å². The maximum absolute atomic E-state index is 11.7. The number of rotatable bonds is 2. The fraction of sp³-hybridized carbons (Fsp3) is 0.167. The Morgan fingerprint density at radius 1 is 1.39 bits per heavy atom. The predicted molar refractivity (Wildman–Crippen MR) is 71.0 cm³/mol. The van der Waals surface area contributed by atoms with E-state index >= 15 is 0 Å². The maximum atomic E-state index is 11.7. The van der Waals surface area contributed by atoms with Crippen LogP contribution in [-0.2, 0) is 0 Å². The first-order valence-corrected chi connectivity index (χ1v) is 5.69. The van der Waals surface area contributed by atoms with Crippen molar-refractivity contribution in [1.82, 2.24) is 14.7 Å². The van der Waals surface area contributed by atoms with Crippen LogP contribution in [0.15, 0.2) is 30.5 Å². The van der Waals surface area contributed by atoms with Crippen LogP contribution in [0.4, 0.5) is 5.69 Å². The monoisotopic (exact) mass is 264 g/mol. The highest BCUT2D eigenvalue weighted by Crippen LogP contribution is 2.22. The number of anilines is 1. The van der Waals surface area contributed by atoms with Gasteiger partial charge in [-0.15, -0.1) is 0 Å². The molecule has 1 amide bonds. The summed E-state index contributed by atoms with van der Waals surface area (Å²) >= 11 is 6.08. The fourth-order valence-electron chi connectivity index (χ4n) is 1.51. The third kappa shape index (κ3) is 2.31. The molecular weight excluding hydrogens is 252 g/mol. The van der Waals surface area contributed by atoms with Gasteiger partial charge < -0.3 is 10.6 Å². The van der Waals surface area contributed by atoms with Gasteiger partial charge in [-0.3, -0.25) is 4.79 Å². The van der Waals surface area contributed by atoms with Crippen molar-refractivity contribution in [2.24, 2.45) is 0 Å². The lowest BCUT2D eigenvalue weighted by atomic mass is 10.3. The van der Waals surface area contributed by atoms with E-state index in [0.29, 0.717) is 22.1 Å². The van der Waals surface area contributed by atoms with Crippen LogP contribution in [0.5, 0.6) is 0 Å². The van der Waals surface area contributed by atoms with Crippen LogP contribution < -0.4 is 5.73 Å². The minimum absolute atomic E-state index is 0.152. The summed E-state index contributed by atoms with van der Waals surface area (Å²) in [5.41, 5.74) is 7.26. The summed E-state index contributed by atoms with van der Waals surface area (Å²) in [6, 6.07) is 6.78. The molecule has 5 nitrogen and oxygen atoms in total. The summed E-state index contributed by atoms with van der Waals surface area (Å²) < 4.78 is 1.55. The third-order valence-corrected chi connectivity index (χ3v) is 2.74. The molecule has 0 fully saturated rings. The lowest BCUT2D eigenvalue weighted by Gasteiger charge is -2.07. The smallest absolute Gasteiger partial charge is 0.273 e. The van der Waals surface area contributed by atoms with Gasteiger partial charge in [0.25, 0.3) is 5.91 Å². The molecule has 0 atom stereocenters. The van der Waals surface area contributed by atoms with Crippen molar-refractivity contribution in [1.29, 1.82) is 0 Å². The summed E-state index contributed by atoms with van der Waals surface area (Å²) in [4.78, 5) is 13.2. The number of amides is 1. The zero-order valence-corrected chi connectivity index (χ0v) is 10.8. The highest BCUT2D eigenvalue weighted by atomic mass is 35.5. The van der Waals surface area contributed by atoms with Crippen LogP contribution in [0.3, 0.4) is 0 Å². The van der Waals surface area contributed by atoms with Crippen LogP contribution in [0.1, 0.15) is 10.5 Å². The zero-order chi connectivity index (χ0) is 13.3. The van der Waals surface area contributed by atoms with E-state index in [2.05, 4.69) is 5.10 Å². The van der Waals surface area contributed by atoms with Gasteiger partial charge in [0.1, 0.15) is 0 Å². The van der Waals surface area contributed by atoms with Crippen LogP contribution in [0, 0.1) is 0 Å². The number of carbonyl (C=O) groups excluding carboxylic acids is 1. The molecule has 0 unspecified atom stereocenters. The molecule has 2 rings (SSSR count). The van der Waals surface area contributed by atoms with Crippen LogP contribution in [-0.4, -0.2) is 34.7 Å². The number of carbonyl (C=O) groups is 1. The molecule has 0 aliphatic rings. The highest BCUT2D eigenvalue weighted by molar-refractivity contribution is 6.32. The molecule has 1 aromatic carbocycles. The molecule has 1 heterocycles. The van der Waals surface area contributed by atoms with Gasteiger partial charge in [0.2, 0.25) is 0 Å². The number of benzene rings is 1. The maximum Gasteiger partial charge on any atom is 0.273 e. The van der Waals surface area contributed by atoms with Gasteiger partial charge in [-0.25, -0.2) is 4.68 Å². The lowest BCUT2D eigenvalue weighted by molar-refractivity contribution is 0.0821. The molecule has 18 heavy (non-hydrogen) atoms. The van der Waals surface area contributed by atoms with Crippen molar-refractivity contribution in [3.8, 4) is 5.69 Å². The van der Waals surface area contributed by atoms with Gasteiger partial charge in [0.05, 0.1) is 10.7 Å². The topological polar surface area (TPSA) is 64.2 Å². The molecule has 1 aromatic heterocycles. The van der Waals surface area contributed by atoms with Crippen molar-refractivity contribution in [2.45, 2.75) is 0 Å². The third-order valence-electron chi connectivity index (χ3n) is 2.43. The average molecular weight is 265 g/mol. The van der Waals surface area contributed by atoms with Gasteiger partial charge in [0, 0.05) is 26.0 Å². The largest absolute Gasteiger partial charge is 0.399 e. The second-order valence-corrected chi connectivity index (χ2v) is 4.46. The molecular formula is C12H13ClN4O. The Morgan fingerprint density at radius 2 is 2.11 bits per heavy atom. The quantitative estimate of drug-likeness (QED) is 0.842. The standard InChI is InChI=1S/C12H13ClN4O/c1-16(2)12(18)10-5-6-17(15-10)11-4-3-8(14)7-9(11)13/h3-7H,14H2,1-2H3. The highest BCUT2D eigenvalue weighted by Gasteiger charge is 2.13. The number of halogens is 1. The van der Waals surface area contributed by atoms with Crippen molar-refractivity contribution in [3.63, 3.8) is 0 Å². The normalized spacial score (nSPS) is 10.4. The van der Waals surface area contributed by atoms with Gasteiger partial charge in [0.15, 0.2) is 5.69 Å². The molecule has 0 saturated carbocycles. The Kier molecular flexibility index (Phi) is 3.25. The number of hydrogen-bond acceptors (Lipinski definition) is 3. The van der Waals surface area contributed by atoms with E-state index in [9.17, 15) is 4.79 Å². The summed E-state index contributed by atoms with van der Waals surface area (Å²) in [6.45, 7) is 0. The van der Waals surface area contributed by atoms with Crippen LogP contribution >= 0.6 is 11.6 Å².